The first-order valence-corrected chi connectivity index (χ1v) is 14.7. The number of ether oxygens (including phenoxy) is 2. The largest absolute Gasteiger partial charge is 0.489 e. The monoisotopic (exact) mass is 590 g/mol. The van der Waals surface area contributed by atoms with Gasteiger partial charge in [-0.1, -0.05) is 17.7 Å². The van der Waals surface area contributed by atoms with Crippen molar-refractivity contribution in [3.63, 3.8) is 0 Å². The van der Waals surface area contributed by atoms with Crippen molar-refractivity contribution in [3.8, 4) is 5.75 Å². The molecule has 3 fully saturated rings. The molecule has 0 aliphatic carbocycles. The third kappa shape index (κ3) is 5.16. The predicted octanol–water partition coefficient (Wildman–Crippen LogP) is 2.53. The van der Waals surface area contributed by atoms with E-state index in [2.05, 4.69) is 20.1 Å². The molecule has 1 N–H and O–H groups in total. The standard InChI is InChI=1S/C30H31ClN6O5/c31-27-18(1-4-24-23(27)14-32-30(33-24)36-9-11-41-12-10-36)15-35-8-7-21(17-35)42-20-2-3-22-19(13-20)16-37(29(22)40)25-5-6-26(38)34-28(25)39/h1-4,13-14,21,25H,5-12,15-17H2,(H,34,38,39)/t21-,25-/m0/s1. The number of fused-ring (bicyclic) bond motifs is 2. The molecule has 0 radical (unpaired) electrons. The molecule has 4 aliphatic heterocycles. The Bertz CT molecular complexity index is 1580. The molecule has 218 valence electrons. The number of aromatic nitrogens is 2. The summed E-state index contributed by atoms with van der Waals surface area (Å²) in [6.07, 6.45) is 3.27. The fourth-order valence-electron chi connectivity index (χ4n) is 6.24. The van der Waals surface area contributed by atoms with E-state index in [0.29, 0.717) is 55.0 Å². The maximum Gasteiger partial charge on any atom is 0.255 e. The minimum Gasteiger partial charge on any atom is -0.489 e. The molecule has 7 rings (SSSR count). The first kappa shape index (κ1) is 27.1. The Balaban J connectivity index is 0.979. The molecule has 3 aromatic rings. The van der Waals surface area contributed by atoms with E-state index in [1.165, 1.54) is 0 Å². The zero-order chi connectivity index (χ0) is 28.8. The first-order valence-electron chi connectivity index (χ1n) is 14.4. The van der Waals surface area contributed by atoms with Crippen molar-refractivity contribution in [1.29, 1.82) is 0 Å². The van der Waals surface area contributed by atoms with Gasteiger partial charge >= 0.3 is 0 Å². The van der Waals surface area contributed by atoms with Gasteiger partial charge < -0.3 is 19.3 Å². The summed E-state index contributed by atoms with van der Waals surface area (Å²) in [6, 6.07) is 8.91. The van der Waals surface area contributed by atoms with Gasteiger partial charge in [0.2, 0.25) is 17.8 Å². The number of carbonyl (C=O) groups excluding carboxylic acids is 3. The fraction of sp³-hybridized carbons (Fsp3) is 0.433. The summed E-state index contributed by atoms with van der Waals surface area (Å²) in [7, 11) is 0. The van der Waals surface area contributed by atoms with Crippen LogP contribution in [0.3, 0.4) is 0 Å². The lowest BCUT2D eigenvalue weighted by atomic mass is 10.0. The van der Waals surface area contributed by atoms with Gasteiger partial charge in [0.1, 0.15) is 17.9 Å². The highest BCUT2D eigenvalue weighted by molar-refractivity contribution is 6.36. The molecule has 3 saturated heterocycles. The van der Waals surface area contributed by atoms with Crippen LogP contribution >= 0.6 is 11.6 Å². The Labute approximate surface area is 247 Å². The molecule has 1 aromatic heterocycles. The van der Waals surface area contributed by atoms with Gasteiger partial charge in [0.25, 0.3) is 5.91 Å². The summed E-state index contributed by atoms with van der Waals surface area (Å²) in [6.45, 7) is 5.55. The van der Waals surface area contributed by atoms with Gasteiger partial charge in [-0.2, -0.15) is 0 Å². The molecule has 12 heteroatoms. The molecular formula is C30H31ClN6O5. The Morgan fingerprint density at radius 3 is 2.76 bits per heavy atom. The molecule has 0 bridgehead atoms. The average molecular weight is 591 g/mol. The molecule has 2 aromatic carbocycles. The van der Waals surface area contributed by atoms with E-state index in [4.69, 9.17) is 26.1 Å². The molecule has 0 unspecified atom stereocenters. The van der Waals surface area contributed by atoms with Crippen molar-refractivity contribution < 1.29 is 23.9 Å². The second kappa shape index (κ2) is 11.1. The number of imide groups is 1. The van der Waals surface area contributed by atoms with Crippen LogP contribution in [-0.4, -0.2) is 89.0 Å². The maximum absolute atomic E-state index is 13.0. The SMILES string of the molecule is O=C1CC[C@H](N2Cc3cc(O[C@H]4CCN(Cc5ccc6nc(N7CCOCC7)ncc6c5Cl)C4)ccc3C2=O)C(=O)N1. The van der Waals surface area contributed by atoms with Crippen molar-refractivity contribution in [1.82, 2.24) is 25.1 Å². The van der Waals surface area contributed by atoms with E-state index in [0.717, 1.165) is 54.6 Å². The number of carbonyl (C=O) groups is 3. The third-order valence-corrected chi connectivity index (χ3v) is 8.93. The number of hydrogen-bond donors (Lipinski definition) is 1. The van der Waals surface area contributed by atoms with Crippen LogP contribution in [-0.2, 0) is 27.4 Å². The Morgan fingerprint density at radius 2 is 1.93 bits per heavy atom. The van der Waals surface area contributed by atoms with Crippen LogP contribution in [0.15, 0.2) is 36.5 Å². The van der Waals surface area contributed by atoms with E-state index in [-0.39, 0.29) is 24.3 Å². The van der Waals surface area contributed by atoms with E-state index < -0.39 is 11.9 Å². The summed E-state index contributed by atoms with van der Waals surface area (Å²) in [4.78, 5) is 52.2. The highest BCUT2D eigenvalue weighted by Gasteiger charge is 2.39. The molecular weight excluding hydrogens is 560 g/mol. The van der Waals surface area contributed by atoms with Crippen molar-refractivity contribution in [2.75, 3.05) is 44.3 Å². The normalized spacial score (nSPS) is 23.0. The Hall–Kier alpha value is -3.80. The molecule has 42 heavy (non-hydrogen) atoms. The van der Waals surface area contributed by atoms with Gasteiger partial charge in [0.05, 0.1) is 23.8 Å². The van der Waals surface area contributed by atoms with Crippen molar-refractivity contribution in [3.05, 3.63) is 58.2 Å². The molecule has 3 amide bonds. The van der Waals surface area contributed by atoms with Gasteiger partial charge in [-0.05, 0) is 48.2 Å². The number of anilines is 1. The second-order valence-electron chi connectivity index (χ2n) is 11.2. The van der Waals surface area contributed by atoms with E-state index in [1.807, 2.05) is 30.5 Å². The topological polar surface area (TPSA) is 117 Å². The quantitative estimate of drug-likeness (QED) is 0.432. The van der Waals surface area contributed by atoms with Crippen LogP contribution in [0.5, 0.6) is 5.75 Å². The number of nitrogens with zero attached hydrogens (tertiary/aromatic N) is 5. The van der Waals surface area contributed by atoms with E-state index in [9.17, 15) is 14.4 Å². The highest BCUT2D eigenvalue weighted by atomic mass is 35.5. The molecule has 11 nitrogen and oxygen atoms in total. The zero-order valence-electron chi connectivity index (χ0n) is 23.1. The van der Waals surface area contributed by atoms with Crippen molar-refractivity contribution >= 4 is 46.2 Å². The number of piperidine rings is 1. The second-order valence-corrected chi connectivity index (χ2v) is 11.6. The average Bonchev–Trinajstić information content (AvgIpc) is 3.58. The zero-order valence-corrected chi connectivity index (χ0v) is 23.8. The van der Waals surface area contributed by atoms with Gasteiger partial charge in [-0.3, -0.25) is 24.6 Å². The lowest BCUT2D eigenvalue weighted by Gasteiger charge is -2.29. The van der Waals surface area contributed by atoms with Crippen molar-refractivity contribution in [2.24, 2.45) is 0 Å². The Morgan fingerprint density at radius 1 is 1.07 bits per heavy atom. The molecule has 0 saturated carbocycles. The minimum atomic E-state index is -0.629. The number of likely N-dealkylation sites (tertiary alicyclic amines) is 1. The van der Waals surface area contributed by atoms with Crippen LogP contribution in [0.1, 0.15) is 40.7 Å². The van der Waals surface area contributed by atoms with Crippen LogP contribution in [0, 0.1) is 0 Å². The summed E-state index contributed by atoms with van der Waals surface area (Å²) in [5.74, 6) is 0.515. The van der Waals surface area contributed by atoms with Crippen LogP contribution in [0.25, 0.3) is 10.9 Å². The molecule has 4 aliphatic rings. The van der Waals surface area contributed by atoms with Crippen LogP contribution in [0.2, 0.25) is 5.02 Å². The van der Waals surface area contributed by atoms with Gasteiger partial charge in [0, 0.05) is 62.8 Å². The lowest BCUT2D eigenvalue weighted by Crippen LogP contribution is -2.52. The fourth-order valence-corrected chi connectivity index (χ4v) is 6.51. The summed E-state index contributed by atoms with van der Waals surface area (Å²) >= 11 is 6.83. The number of morpholine rings is 1. The summed E-state index contributed by atoms with van der Waals surface area (Å²) in [5.41, 5.74) is 3.26. The number of benzene rings is 2. The molecule has 2 atom stereocenters. The predicted molar refractivity (Wildman–Crippen MR) is 154 cm³/mol. The highest BCUT2D eigenvalue weighted by Crippen LogP contribution is 2.32. The minimum absolute atomic E-state index is 0.00466. The number of amides is 3. The smallest absolute Gasteiger partial charge is 0.255 e. The van der Waals surface area contributed by atoms with E-state index in [1.54, 1.807) is 11.0 Å². The lowest BCUT2D eigenvalue weighted by molar-refractivity contribution is -0.136. The van der Waals surface area contributed by atoms with Crippen molar-refractivity contribution in [2.45, 2.75) is 44.5 Å². The summed E-state index contributed by atoms with van der Waals surface area (Å²) < 4.78 is 11.8. The first-order chi connectivity index (χ1) is 20.4. The van der Waals surface area contributed by atoms with E-state index >= 15 is 0 Å². The maximum atomic E-state index is 13.0. The number of hydrogen-bond acceptors (Lipinski definition) is 9. The summed E-state index contributed by atoms with van der Waals surface area (Å²) in [5, 5.41) is 3.86. The van der Waals surface area contributed by atoms with Gasteiger partial charge in [-0.25, -0.2) is 9.97 Å². The number of nitrogens with one attached hydrogen (secondary N) is 1. The van der Waals surface area contributed by atoms with Gasteiger partial charge in [-0.15, -0.1) is 0 Å². The van der Waals surface area contributed by atoms with Gasteiger partial charge in [0.15, 0.2) is 0 Å². The van der Waals surface area contributed by atoms with Crippen LogP contribution < -0.4 is 15.0 Å². The number of halogens is 1. The molecule has 0 spiro atoms. The molecule has 5 heterocycles. The Kier molecular flexibility index (Phi) is 7.17. The third-order valence-electron chi connectivity index (χ3n) is 8.48. The number of rotatable bonds is 6. The van der Waals surface area contributed by atoms with Crippen LogP contribution in [0.4, 0.5) is 5.95 Å².